The molecule has 0 amide bonds. The average molecular weight is 343 g/mol. The molecule has 11 heteroatoms. The maximum atomic E-state index is 10.8. The summed E-state index contributed by atoms with van der Waals surface area (Å²) in [5, 5.41) is 14.1. The molecule has 1 aromatic carbocycles. The van der Waals surface area contributed by atoms with E-state index in [1.165, 1.54) is 23.7 Å². The van der Waals surface area contributed by atoms with Crippen LogP contribution in [0.2, 0.25) is 10.6 Å². The molecule has 0 fully saturated rings. The molecule has 3 aromatic rings. The first kappa shape index (κ1) is 13.9. The predicted molar refractivity (Wildman–Crippen MR) is 79.4 cm³/mol. The molecular formula is C10H4Cl2N6O2S. The Morgan fingerprint density at radius 1 is 1.19 bits per heavy atom. The van der Waals surface area contributed by atoms with E-state index in [0.29, 0.717) is 11.2 Å². The second-order valence-electron chi connectivity index (χ2n) is 3.79. The Morgan fingerprint density at radius 2 is 1.90 bits per heavy atom. The Labute approximate surface area is 131 Å². The molecule has 0 bridgehead atoms. The Bertz CT molecular complexity index is 834. The van der Waals surface area contributed by atoms with Crippen LogP contribution in [0.1, 0.15) is 0 Å². The summed E-state index contributed by atoms with van der Waals surface area (Å²) in [5.74, 6) is 0.496. The number of nitrogens with one attached hydrogen (secondary N) is 1. The summed E-state index contributed by atoms with van der Waals surface area (Å²) in [6, 6.07) is 4.47. The number of halogens is 2. The lowest BCUT2D eigenvalue weighted by atomic mass is 10.2. The van der Waals surface area contributed by atoms with Crippen molar-refractivity contribution in [2.45, 2.75) is 0 Å². The van der Waals surface area contributed by atoms with E-state index in [4.69, 9.17) is 23.2 Å². The normalized spacial score (nSPS) is 10.8. The van der Waals surface area contributed by atoms with Gasteiger partial charge in [-0.25, -0.2) is 0 Å². The first-order chi connectivity index (χ1) is 10.0. The standard InChI is InChI=1S/C10H4Cl2N6O2S/c11-8-14-9(12)16-10(15-8)13-7-5-3-4(18(19)20)1-2-6(5)21-17-7/h1-3H,(H,13,14,15,16,17). The maximum Gasteiger partial charge on any atom is 0.270 e. The fraction of sp³-hybridized carbons (Fsp3) is 0. The number of nitro groups is 1. The molecule has 106 valence electrons. The zero-order valence-corrected chi connectivity index (χ0v) is 12.3. The SMILES string of the molecule is O=[N+]([O-])c1ccc2snc(Nc3nc(Cl)nc(Cl)n3)c2c1. The van der Waals surface area contributed by atoms with Gasteiger partial charge in [-0.15, -0.1) is 0 Å². The molecule has 0 radical (unpaired) electrons. The van der Waals surface area contributed by atoms with Gasteiger partial charge >= 0.3 is 0 Å². The molecule has 0 saturated carbocycles. The van der Waals surface area contributed by atoms with Gasteiger partial charge in [0, 0.05) is 17.5 Å². The van der Waals surface area contributed by atoms with Gasteiger partial charge in [-0.2, -0.15) is 19.3 Å². The Balaban J connectivity index is 2.03. The lowest BCUT2D eigenvalue weighted by molar-refractivity contribution is -0.384. The number of benzene rings is 1. The number of nitrogens with zero attached hydrogens (tertiary/aromatic N) is 5. The van der Waals surface area contributed by atoms with Crippen molar-refractivity contribution in [2.24, 2.45) is 0 Å². The van der Waals surface area contributed by atoms with Crippen LogP contribution in [0.3, 0.4) is 0 Å². The molecule has 0 unspecified atom stereocenters. The highest BCUT2D eigenvalue weighted by Gasteiger charge is 2.13. The number of rotatable bonds is 3. The zero-order chi connectivity index (χ0) is 15.0. The summed E-state index contributed by atoms with van der Waals surface area (Å²) in [7, 11) is 0. The van der Waals surface area contributed by atoms with Crippen molar-refractivity contribution in [3.05, 3.63) is 38.9 Å². The average Bonchev–Trinajstić information content (AvgIpc) is 2.80. The van der Waals surface area contributed by atoms with E-state index in [2.05, 4.69) is 24.6 Å². The van der Waals surface area contributed by atoms with E-state index in [1.807, 2.05) is 0 Å². The number of non-ortho nitro benzene ring substituents is 1. The smallest absolute Gasteiger partial charge is 0.270 e. The van der Waals surface area contributed by atoms with Crippen LogP contribution in [0.4, 0.5) is 17.5 Å². The highest BCUT2D eigenvalue weighted by atomic mass is 35.5. The van der Waals surface area contributed by atoms with E-state index in [1.54, 1.807) is 6.07 Å². The minimum atomic E-state index is -0.475. The van der Waals surface area contributed by atoms with Gasteiger partial charge in [-0.3, -0.25) is 10.1 Å². The van der Waals surface area contributed by atoms with Gasteiger partial charge in [-0.05, 0) is 40.8 Å². The molecule has 2 heterocycles. The number of aromatic nitrogens is 4. The van der Waals surface area contributed by atoms with Gasteiger partial charge in [0.1, 0.15) is 0 Å². The fourth-order valence-electron chi connectivity index (χ4n) is 1.62. The van der Waals surface area contributed by atoms with E-state index in [9.17, 15) is 10.1 Å². The second-order valence-corrected chi connectivity index (χ2v) is 5.27. The first-order valence-corrected chi connectivity index (χ1v) is 6.94. The quantitative estimate of drug-likeness (QED) is 0.573. The van der Waals surface area contributed by atoms with Crippen LogP contribution >= 0.6 is 34.7 Å². The third kappa shape index (κ3) is 2.84. The first-order valence-electron chi connectivity index (χ1n) is 5.41. The Kier molecular flexibility index (Phi) is 3.53. The van der Waals surface area contributed by atoms with Gasteiger partial charge in [-0.1, -0.05) is 0 Å². The van der Waals surface area contributed by atoms with Crippen LogP contribution in [0.5, 0.6) is 0 Å². The number of fused-ring (bicyclic) bond motifs is 1. The zero-order valence-electron chi connectivity index (χ0n) is 9.95. The molecule has 8 nitrogen and oxygen atoms in total. The lowest BCUT2D eigenvalue weighted by Gasteiger charge is -2.02. The van der Waals surface area contributed by atoms with Crippen LogP contribution in [0.15, 0.2) is 18.2 Å². The molecule has 2 aromatic heterocycles. The van der Waals surface area contributed by atoms with Crippen LogP contribution < -0.4 is 5.32 Å². The number of hydrogen-bond donors (Lipinski definition) is 1. The van der Waals surface area contributed by atoms with E-state index >= 15 is 0 Å². The fourth-order valence-corrected chi connectivity index (χ4v) is 2.70. The van der Waals surface area contributed by atoms with Gasteiger partial charge in [0.05, 0.1) is 9.62 Å². The molecule has 0 aliphatic carbocycles. The van der Waals surface area contributed by atoms with Gasteiger partial charge in [0.15, 0.2) is 5.82 Å². The van der Waals surface area contributed by atoms with Gasteiger partial charge in [0.2, 0.25) is 16.5 Å². The van der Waals surface area contributed by atoms with Crippen molar-refractivity contribution in [3.63, 3.8) is 0 Å². The van der Waals surface area contributed by atoms with Gasteiger partial charge in [0.25, 0.3) is 5.69 Å². The van der Waals surface area contributed by atoms with Crippen molar-refractivity contribution in [3.8, 4) is 0 Å². The lowest BCUT2D eigenvalue weighted by Crippen LogP contribution is -1.99. The number of hydrogen-bond acceptors (Lipinski definition) is 8. The minimum Gasteiger partial charge on any atom is -0.307 e. The molecule has 0 aliphatic rings. The third-order valence-corrected chi connectivity index (χ3v) is 3.64. The van der Waals surface area contributed by atoms with Crippen molar-refractivity contribution < 1.29 is 4.92 Å². The molecule has 0 atom stereocenters. The summed E-state index contributed by atoms with van der Waals surface area (Å²) in [6.45, 7) is 0. The summed E-state index contributed by atoms with van der Waals surface area (Å²) in [5.41, 5.74) is -0.0301. The number of anilines is 2. The summed E-state index contributed by atoms with van der Waals surface area (Å²) in [4.78, 5) is 21.7. The van der Waals surface area contributed by atoms with E-state index < -0.39 is 4.92 Å². The van der Waals surface area contributed by atoms with Crippen molar-refractivity contribution in [1.82, 2.24) is 19.3 Å². The third-order valence-electron chi connectivity index (χ3n) is 2.48. The molecule has 0 aliphatic heterocycles. The summed E-state index contributed by atoms with van der Waals surface area (Å²) in [6.07, 6.45) is 0. The van der Waals surface area contributed by atoms with Crippen LogP contribution in [0.25, 0.3) is 10.1 Å². The topological polar surface area (TPSA) is 107 Å². The van der Waals surface area contributed by atoms with Crippen molar-refractivity contribution in [1.29, 1.82) is 0 Å². The monoisotopic (exact) mass is 342 g/mol. The summed E-state index contributed by atoms with van der Waals surface area (Å²) < 4.78 is 4.96. The Hall–Kier alpha value is -2.10. The minimum absolute atomic E-state index is 0.0301. The molecule has 1 N–H and O–H groups in total. The molecule has 21 heavy (non-hydrogen) atoms. The Morgan fingerprint density at radius 3 is 2.57 bits per heavy atom. The molecule has 0 spiro atoms. The van der Waals surface area contributed by atoms with Crippen LogP contribution in [-0.4, -0.2) is 24.2 Å². The van der Waals surface area contributed by atoms with Crippen molar-refractivity contribution in [2.75, 3.05) is 5.32 Å². The van der Waals surface area contributed by atoms with E-state index in [-0.39, 0.29) is 22.2 Å². The molecule has 0 saturated heterocycles. The largest absolute Gasteiger partial charge is 0.307 e. The number of nitro benzene ring substituents is 1. The second kappa shape index (κ2) is 5.35. The van der Waals surface area contributed by atoms with Gasteiger partial charge < -0.3 is 5.32 Å². The highest BCUT2D eigenvalue weighted by Crippen LogP contribution is 2.31. The summed E-state index contributed by atoms with van der Waals surface area (Å²) >= 11 is 12.6. The van der Waals surface area contributed by atoms with Crippen LogP contribution in [-0.2, 0) is 0 Å². The van der Waals surface area contributed by atoms with Crippen molar-refractivity contribution >= 4 is 62.3 Å². The van der Waals surface area contributed by atoms with E-state index in [0.717, 1.165) is 4.70 Å². The molecule has 3 rings (SSSR count). The maximum absolute atomic E-state index is 10.8. The molecular weight excluding hydrogens is 339 g/mol. The highest BCUT2D eigenvalue weighted by molar-refractivity contribution is 7.13. The van der Waals surface area contributed by atoms with Crippen LogP contribution in [0, 0.1) is 10.1 Å². The predicted octanol–water partition coefficient (Wildman–Crippen LogP) is 3.44.